The summed E-state index contributed by atoms with van der Waals surface area (Å²) in [6.45, 7) is 1.92. The molecular formula is C30H29FN2O3. The molecular weight excluding hydrogens is 455 g/mol. The van der Waals surface area contributed by atoms with Crippen LogP contribution in [0.2, 0.25) is 0 Å². The predicted molar refractivity (Wildman–Crippen MR) is 140 cm³/mol. The molecule has 0 N–H and O–H groups in total. The summed E-state index contributed by atoms with van der Waals surface area (Å²) in [6, 6.07) is 26.2. The van der Waals surface area contributed by atoms with Crippen molar-refractivity contribution in [2.75, 3.05) is 19.1 Å². The molecule has 5 nitrogen and oxygen atoms in total. The minimum absolute atomic E-state index is 0.145. The first-order valence-corrected chi connectivity index (χ1v) is 11.8. The maximum Gasteiger partial charge on any atom is 0.249 e. The maximum absolute atomic E-state index is 13.7. The first-order valence-electron chi connectivity index (χ1n) is 11.8. The molecule has 1 atom stereocenters. The monoisotopic (exact) mass is 484 g/mol. The molecule has 36 heavy (non-hydrogen) atoms. The lowest BCUT2D eigenvalue weighted by molar-refractivity contribution is -0.139. The minimum Gasteiger partial charge on any atom is -0.497 e. The van der Waals surface area contributed by atoms with Crippen LogP contribution in [0.5, 0.6) is 5.75 Å². The van der Waals surface area contributed by atoms with Crippen LogP contribution in [0.4, 0.5) is 10.1 Å². The Balaban J connectivity index is 1.62. The topological polar surface area (TPSA) is 49.9 Å². The van der Waals surface area contributed by atoms with Crippen molar-refractivity contribution in [3.05, 3.63) is 108 Å². The summed E-state index contributed by atoms with van der Waals surface area (Å²) in [6.07, 6.45) is 0.145. The van der Waals surface area contributed by atoms with Crippen molar-refractivity contribution >= 4 is 28.3 Å². The average molecular weight is 485 g/mol. The number of carbonyl (C=O) groups is 2. The molecule has 0 spiro atoms. The van der Waals surface area contributed by atoms with Crippen LogP contribution in [-0.2, 0) is 22.6 Å². The molecule has 4 aromatic rings. The number of hydrogen-bond donors (Lipinski definition) is 0. The number of ether oxygens (including phenoxy) is 1. The second kappa shape index (κ2) is 11.0. The lowest BCUT2D eigenvalue weighted by atomic mass is 10.0. The van der Waals surface area contributed by atoms with Gasteiger partial charge in [-0.1, -0.05) is 54.6 Å². The van der Waals surface area contributed by atoms with Crippen LogP contribution in [0.15, 0.2) is 91.0 Å². The number of amides is 2. The van der Waals surface area contributed by atoms with Gasteiger partial charge in [0.2, 0.25) is 11.8 Å². The van der Waals surface area contributed by atoms with Crippen molar-refractivity contribution in [1.82, 2.24) is 4.90 Å². The SMILES string of the molecule is COc1ccc(N(C)C(=O)C(C)N(Cc2ccc(F)cc2)C(=O)Cc2cccc3ccccc23)cc1. The van der Waals surface area contributed by atoms with E-state index in [0.717, 1.165) is 21.9 Å². The lowest BCUT2D eigenvalue weighted by Gasteiger charge is -2.32. The first kappa shape index (κ1) is 24.9. The fourth-order valence-electron chi connectivity index (χ4n) is 4.29. The highest BCUT2D eigenvalue weighted by molar-refractivity contribution is 5.99. The van der Waals surface area contributed by atoms with Gasteiger partial charge in [0.1, 0.15) is 17.6 Å². The normalized spacial score (nSPS) is 11.7. The van der Waals surface area contributed by atoms with Gasteiger partial charge in [-0.2, -0.15) is 0 Å². The Morgan fingerprint density at radius 2 is 1.56 bits per heavy atom. The van der Waals surface area contributed by atoms with E-state index in [2.05, 4.69) is 0 Å². The third-order valence-corrected chi connectivity index (χ3v) is 6.42. The Hall–Kier alpha value is -4.19. The number of fused-ring (bicyclic) bond motifs is 1. The zero-order valence-corrected chi connectivity index (χ0v) is 20.6. The van der Waals surface area contributed by atoms with Gasteiger partial charge in [-0.05, 0) is 65.2 Å². The van der Waals surface area contributed by atoms with Crippen molar-refractivity contribution in [3.63, 3.8) is 0 Å². The molecule has 0 fully saturated rings. The fourth-order valence-corrected chi connectivity index (χ4v) is 4.29. The standard InChI is InChI=1S/C30H29FN2O3/c1-21(30(35)32(2)26-15-17-27(36-3)18-16-26)33(20-22-11-13-25(31)14-12-22)29(34)19-24-9-6-8-23-7-4-5-10-28(23)24/h4-18,21H,19-20H2,1-3H3. The third kappa shape index (κ3) is 5.54. The van der Waals surface area contributed by atoms with E-state index in [1.807, 2.05) is 42.5 Å². The summed E-state index contributed by atoms with van der Waals surface area (Å²) in [5, 5.41) is 2.06. The minimum atomic E-state index is -0.746. The zero-order chi connectivity index (χ0) is 25.7. The van der Waals surface area contributed by atoms with E-state index in [4.69, 9.17) is 4.74 Å². The molecule has 4 aromatic carbocycles. The van der Waals surface area contributed by atoms with Gasteiger partial charge < -0.3 is 14.5 Å². The molecule has 0 aromatic heterocycles. The van der Waals surface area contributed by atoms with Crippen LogP contribution in [-0.4, -0.2) is 36.9 Å². The number of hydrogen-bond acceptors (Lipinski definition) is 3. The Labute approximate surface area is 210 Å². The van der Waals surface area contributed by atoms with Gasteiger partial charge in [0.15, 0.2) is 0 Å². The molecule has 0 saturated heterocycles. The van der Waals surface area contributed by atoms with E-state index < -0.39 is 6.04 Å². The molecule has 6 heteroatoms. The molecule has 184 valence electrons. The Morgan fingerprint density at radius 3 is 2.25 bits per heavy atom. The third-order valence-electron chi connectivity index (χ3n) is 6.42. The number of anilines is 1. The second-order valence-corrected chi connectivity index (χ2v) is 8.73. The lowest BCUT2D eigenvalue weighted by Crippen LogP contribution is -2.48. The number of rotatable bonds is 8. The molecule has 1 unspecified atom stereocenters. The number of carbonyl (C=O) groups excluding carboxylic acids is 2. The molecule has 0 aliphatic heterocycles. The largest absolute Gasteiger partial charge is 0.497 e. The number of methoxy groups -OCH3 is 1. The van der Waals surface area contributed by atoms with E-state index in [1.54, 1.807) is 62.4 Å². The summed E-state index contributed by atoms with van der Waals surface area (Å²) in [7, 11) is 3.27. The van der Waals surface area contributed by atoms with Gasteiger partial charge in [0, 0.05) is 19.3 Å². The summed E-state index contributed by atoms with van der Waals surface area (Å²) >= 11 is 0. The summed E-state index contributed by atoms with van der Waals surface area (Å²) in [4.78, 5) is 30.3. The fraction of sp³-hybridized carbons (Fsp3) is 0.200. The van der Waals surface area contributed by atoms with Crippen LogP contribution in [0.3, 0.4) is 0 Å². The van der Waals surface area contributed by atoms with Gasteiger partial charge in [-0.3, -0.25) is 9.59 Å². The molecule has 0 aliphatic carbocycles. The molecule has 0 aliphatic rings. The molecule has 4 rings (SSSR count). The Bertz CT molecular complexity index is 1350. The molecule has 0 saturated carbocycles. The van der Waals surface area contributed by atoms with Crippen molar-refractivity contribution < 1.29 is 18.7 Å². The van der Waals surface area contributed by atoms with Crippen LogP contribution in [0.25, 0.3) is 10.8 Å². The predicted octanol–water partition coefficient (Wildman–Crippen LogP) is 5.61. The highest BCUT2D eigenvalue weighted by Gasteiger charge is 2.29. The van der Waals surface area contributed by atoms with Gasteiger partial charge in [-0.25, -0.2) is 4.39 Å². The van der Waals surface area contributed by atoms with Crippen LogP contribution >= 0.6 is 0 Å². The van der Waals surface area contributed by atoms with E-state index in [0.29, 0.717) is 11.4 Å². The second-order valence-electron chi connectivity index (χ2n) is 8.73. The zero-order valence-electron chi connectivity index (χ0n) is 20.6. The van der Waals surface area contributed by atoms with Gasteiger partial charge in [-0.15, -0.1) is 0 Å². The van der Waals surface area contributed by atoms with Crippen molar-refractivity contribution in [2.24, 2.45) is 0 Å². The summed E-state index contributed by atoms with van der Waals surface area (Å²) in [5.74, 6) is -0.0696. The highest BCUT2D eigenvalue weighted by Crippen LogP contribution is 2.23. The average Bonchev–Trinajstić information content (AvgIpc) is 2.91. The van der Waals surface area contributed by atoms with Crippen LogP contribution in [0, 0.1) is 5.82 Å². The van der Waals surface area contributed by atoms with Crippen LogP contribution < -0.4 is 9.64 Å². The molecule has 0 radical (unpaired) electrons. The van der Waals surface area contributed by atoms with E-state index in [1.165, 1.54) is 17.0 Å². The molecule has 0 heterocycles. The number of halogens is 1. The number of nitrogens with zero attached hydrogens (tertiary/aromatic N) is 2. The quantitative estimate of drug-likeness (QED) is 0.327. The van der Waals surface area contributed by atoms with Crippen molar-refractivity contribution in [2.45, 2.75) is 25.9 Å². The smallest absolute Gasteiger partial charge is 0.249 e. The molecule has 0 bridgehead atoms. The van der Waals surface area contributed by atoms with Gasteiger partial charge in [0.05, 0.1) is 13.5 Å². The van der Waals surface area contributed by atoms with E-state index in [-0.39, 0.29) is 30.6 Å². The van der Waals surface area contributed by atoms with Gasteiger partial charge >= 0.3 is 0 Å². The van der Waals surface area contributed by atoms with E-state index >= 15 is 0 Å². The highest BCUT2D eigenvalue weighted by atomic mass is 19.1. The summed E-state index contributed by atoms with van der Waals surface area (Å²) in [5.41, 5.74) is 2.33. The van der Waals surface area contributed by atoms with Crippen molar-refractivity contribution in [1.29, 1.82) is 0 Å². The Kier molecular flexibility index (Phi) is 7.64. The summed E-state index contributed by atoms with van der Waals surface area (Å²) < 4.78 is 18.7. The van der Waals surface area contributed by atoms with E-state index in [9.17, 15) is 14.0 Å². The van der Waals surface area contributed by atoms with Crippen LogP contribution in [0.1, 0.15) is 18.1 Å². The van der Waals surface area contributed by atoms with Gasteiger partial charge in [0.25, 0.3) is 0 Å². The maximum atomic E-state index is 13.7. The molecule has 2 amide bonds. The van der Waals surface area contributed by atoms with Crippen molar-refractivity contribution in [3.8, 4) is 5.75 Å². The first-order chi connectivity index (χ1) is 17.4. The Morgan fingerprint density at radius 1 is 0.889 bits per heavy atom. The number of benzene rings is 4. The number of likely N-dealkylation sites (N-methyl/N-ethyl adjacent to an activating group) is 1.